The molecule has 1 aromatic carbocycles. The van der Waals surface area contributed by atoms with Gasteiger partial charge in [0.15, 0.2) is 5.75 Å². The van der Waals surface area contributed by atoms with E-state index >= 15 is 0 Å². The highest BCUT2D eigenvalue weighted by molar-refractivity contribution is 5.92. The van der Waals surface area contributed by atoms with E-state index in [1.54, 1.807) is 18.2 Å². The Bertz CT molecular complexity index is 723. The van der Waals surface area contributed by atoms with Gasteiger partial charge in [-0.1, -0.05) is 0 Å². The molecule has 2 heterocycles. The Kier molecular flexibility index (Phi) is 2.54. The number of benzene rings is 1. The van der Waals surface area contributed by atoms with Crippen LogP contribution >= 0.6 is 0 Å². The fourth-order valence-corrected chi connectivity index (χ4v) is 1.87. The van der Waals surface area contributed by atoms with E-state index in [2.05, 4.69) is 10.5 Å². The first-order valence-corrected chi connectivity index (χ1v) is 5.65. The van der Waals surface area contributed by atoms with Gasteiger partial charge in [-0.15, -0.1) is 0 Å². The monoisotopic (exact) mass is 251 g/mol. The Balaban J connectivity index is 2.03. The van der Waals surface area contributed by atoms with Gasteiger partial charge < -0.3 is 9.82 Å². The molecule has 1 aromatic heterocycles. The molecular formula is C14H9N3O2. The fraction of sp³-hybridized carbons (Fsp3) is 0. The third-order valence-corrected chi connectivity index (χ3v) is 2.80. The van der Waals surface area contributed by atoms with Crippen LogP contribution in [0.15, 0.2) is 36.4 Å². The van der Waals surface area contributed by atoms with Gasteiger partial charge in [0.25, 0.3) is 5.91 Å². The Labute approximate surface area is 109 Å². The van der Waals surface area contributed by atoms with Crippen LogP contribution < -0.4 is 10.3 Å². The lowest BCUT2D eigenvalue weighted by Gasteiger charge is -2.07. The molecule has 0 spiro atoms. The number of carbonyl (C=O) groups is 1. The lowest BCUT2D eigenvalue weighted by atomic mass is 10.1. The lowest BCUT2D eigenvalue weighted by molar-refractivity contribution is -0.122. The molecule has 0 aliphatic carbocycles. The number of amides is 1. The molecule has 5 heteroatoms. The zero-order chi connectivity index (χ0) is 13.2. The summed E-state index contributed by atoms with van der Waals surface area (Å²) in [7, 11) is 0. The van der Waals surface area contributed by atoms with Crippen molar-refractivity contribution in [1.82, 2.24) is 10.5 Å². The highest BCUT2D eigenvalue weighted by Gasteiger charge is 2.10. The first-order valence-electron chi connectivity index (χ1n) is 5.65. The lowest BCUT2D eigenvalue weighted by Crippen LogP contribution is -2.23. The highest BCUT2D eigenvalue weighted by atomic mass is 16.7. The highest BCUT2D eigenvalue weighted by Crippen LogP contribution is 2.27. The number of aromatic amines is 1. The molecule has 19 heavy (non-hydrogen) atoms. The minimum absolute atomic E-state index is 0.301. The summed E-state index contributed by atoms with van der Waals surface area (Å²) in [6.07, 6.45) is 3.10. The number of carbonyl (C=O) groups excluding carboxylic acids is 1. The summed E-state index contributed by atoms with van der Waals surface area (Å²) < 4.78 is 0. The van der Waals surface area contributed by atoms with Crippen LogP contribution in [0.3, 0.4) is 0 Å². The molecule has 0 saturated heterocycles. The van der Waals surface area contributed by atoms with E-state index in [9.17, 15) is 4.79 Å². The first-order chi connectivity index (χ1) is 9.26. The molecule has 0 atom stereocenters. The van der Waals surface area contributed by atoms with Gasteiger partial charge in [-0.25, -0.2) is 0 Å². The van der Waals surface area contributed by atoms with Gasteiger partial charge in [0.05, 0.1) is 0 Å². The van der Waals surface area contributed by atoms with Crippen molar-refractivity contribution in [1.29, 1.82) is 5.26 Å². The summed E-state index contributed by atoms with van der Waals surface area (Å²) in [5.74, 6) is 0.280. The number of rotatable bonds is 1. The van der Waals surface area contributed by atoms with Crippen molar-refractivity contribution in [2.75, 3.05) is 0 Å². The molecule has 2 N–H and O–H groups in total. The van der Waals surface area contributed by atoms with Crippen LogP contribution in [0, 0.1) is 11.3 Å². The van der Waals surface area contributed by atoms with Gasteiger partial charge in [-0.2, -0.15) is 10.7 Å². The molecule has 1 aliphatic rings. The van der Waals surface area contributed by atoms with Crippen LogP contribution in [0.5, 0.6) is 5.75 Å². The third-order valence-electron chi connectivity index (χ3n) is 2.80. The number of hydroxylamine groups is 1. The Morgan fingerprint density at radius 3 is 2.84 bits per heavy atom. The van der Waals surface area contributed by atoms with Gasteiger partial charge in [0, 0.05) is 17.3 Å². The average molecular weight is 251 g/mol. The van der Waals surface area contributed by atoms with Gasteiger partial charge >= 0.3 is 0 Å². The van der Waals surface area contributed by atoms with Crippen LogP contribution in [-0.2, 0) is 4.79 Å². The Hall–Kier alpha value is -3.00. The topological polar surface area (TPSA) is 77.9 Å². The minimum atomic E-state index is -0.301. The molecule has 0 fully saturated rings. The van der Waals surface area contributed by atoms with Crippen molar-refractivity contribution in [3.63, 3.8) is 0 Å². The minimum Gasteiger partial charge on any atom is -0.379 e. The molecule has 3 rings (SSSR count). The zero-order valence-electron chi connectivity index (χ0n) is 9.81. The quantitative estimate of drug-likeness (QED) is 0.813. The summed E-state index contributed by atoms with van der Waals surface area (Å²) in [6, 6.07) is 11.1. The van der Waals surface area contributed by atoms with Crippen LogP contribution in [0.25, 0.3) is 17.3 Å². The third kappa shape index (κ3) is 2.07. The van der Waals surface area contributed by atoms with E-state index in [0.29, 0.717) is 11.4 Å². The second-order valence-corrected chi connectivity index (χ2v) is 4.05. The summed E-state index contributed by atoms with van der Waals surface area (Å²) in [4.78, 5) is 19.3. The van der Waals surface area contributed by atoms with E-state index < -0.39 is 0 Å². The largest absolute Gasteiger partial charge is 0.379 e. The smallest absolute Gasteiger partial charge is 0.276 e. The number of hydrogen-bond acceptors (Lipinski definition) is 3. The van der Waals surface area contributed by atoms with Crippen molar-refractivity contribution in [2.45, 2.75) is 0 Å². The van der Waals surface area contributed by atoms with Crippen molar-refractivity contribution in [3.8, 4) is 23.1 Å². The predicted molar refractivity (Wildman–Crippen MR) is 68.7 cm³/mol. The number of nitrogens with zero attached hydrogens (tertiary/aromatic N) is 1. The summed E-state index contributed by atoms with van der Waals surface area (Å²) in [5, 5.41) is 8.80. The molecule has 0 saturated carbocycles. The van der Waals surface area contributed by atoms with Crippen molar-refractivity contribution >= 4 is 12.0 Å². The summed E-state index contributed by atoms with van der Waals surface area (Å²) >= 11 is 0. The molecule has 0 unspecified atom stereocenters. The van der Waals surface area contributed by atoms with E-state index in [1.165, 1.54) is 6.08 Å². The number of fused-ring (bicyclic) bond motifs is 1. The van der Waals surface area contributed by atoms with Crippen LogP contribution in [0.1, 0.15) is 11.3 Å². The fourth-order valence-electron chi connectivity index (χ4n) is 1.87. The second-order valence-electron chi connectivity index (χ2n) is 4.05. The zero-order valence-corrected chi connectivity index (χ0v) is 9.81. The van der Waals surface area contributed by atoms with Gasteiger partial charge in [0.2, 0.25) is 0 Å². The molecule has 0 bridgehead atoms. The standard InChI is InChI=1S/C14H9N3O2/c15-8-11-3-4-12(16-11)9-1-5-13-10(7-9)2-6-14(18)17-19-13/h1-7,16H,(H,17,18). The van der Waals surface area contributed by atoms with E-state index in [1.807, 2.05) is 24.3 Å². The van der Waals surface area contributed by atoms with E-state index in [4.69, 9.17) is 10.1 Å². The number of H-pyrrole nitrogens is 1. The molecule has 92 valence electrons. The second kappa shape index (κ2) is 4.35. The van der Waals surface area contributed by atoms with Gasteiger partial charge in [-0.05, 0) is 42.0 Å². The Morgan fingerprint density at radius 2 is 2.05 bits per heavy atom. The molecule has 5 nitrogen and oxygen atoms in total. The van der Waals surface area contributed by atoms with E-state index in [0.717, 1.165) is 16.8 Å². The van der Waals surface area contributed by atoms with Crippen molar-refractivity contribution in [3.05, 3.63) is 47.7 Å². The molecular weight excluding hydrogens is 242 g/mol. The first kappa shape index (κ1) is 11.1. The molecule has 0 radical (unpaired) electrons. The van der Waals surface area contributed by atoms with Crippen LogP contribution in [0.4, 0.5) is 0 Å². The van der Waals surface area contributed by atoms with E-state index in [-0.39, 0.29) is 5.91 Å². The SMILES string of the molecule is N#Cc1ccc(-c2ccc3c(c2)C=CC(=O)NO3)[nH]1. The van der Waals surface area contributed by atoms with Crippen molar-refractivity contribution in [2.24, 2.45) is 0 Å². The molecule has 1 aliphatic heterocycles. The normalized spacial score (nSPS) is 12.9. The number of nitrogens with one attached hydrogen (secondary N) is 2. The van der Waals surface area contributed by atoms with Gasteiger partial charge in [-0.3, -0.25) is 4.79 Å². The maximum atomic E-state index is 11.2. The Morgan fingerprint density at radius 1 is 1.16 bits per heavy atom. The summed E-state index contributed by atoms with van der Waals surface area (Å²) in [6.45, 7) is 0. The van der Waals surface area contributed by atoms with Gasteiger partial charge in [0.1, 0.15) is 11.8 Å². The number of nitriles is 1. The number of hydrogen-bond donors (Lipinski definition) is 2. The maximum absolute atomic E-state index is 11.2. The predicted octanol–water partition coefficient (Wildman–Crippen LogP) is 1.99. The number of aromatic nitrogens is 1. The average Bonchev–Trinajstić information content (AvgIpc) is 2.84. The molecule has 2 aromatic rings. The molecule has 1 amide bonds. The maximum Gasteiger partial charge on any atom is 0.276 e. The van der Waals surface area contributed by atoms with Crippen LogP contribution in [-0.4, -0.2) is 10.9 Å². The van der Waals surface area contributed by atoms with Crippen LogP contribution in [0.2, 0.25) is 0 Å². The van der Waals surface area contributed by atoms with Crippen molar-refractivity contribution < 1.29 is 9.63 Å². The summed E-state index contributed by atoms with van der Waals surface area (Å²) in [5.41, 5.74) is 5.36.